The molecule has 104 valence electrons. The van der Waals surface area contributed by atoms with Crippen LogP contribution in [0.5, 0.6) is 0 Å². The highest BCUT2D eigenvalue weighted by molar-refractivity contribution is 7.02. The second kappa shape index (κ2) is 5.46. The number of hydrogen-bond acceptors (Lipinski definition) is 3. The molecule has 5 heteroatoms. The Labute approximate surface area is 126 Å². The molecule has 0 N–H and O–H groups in total. The van der Waals surface area contributed by atoms with E-state index >= 15 is 0 Å². The van der Waals surface area contributed by atoms with Gasteiger partial charge in [0.05, 0.1) is 15.4 Å². The second-order valence-electron chi connectivity index (χ2n) is 4.66. The third kappa shape index (κ3) is 2.68. The minimum absolute atomic E-state index is 0.107. The number of nitrogens with zero attached hydrogens (tertiary/aromatic N) is 2. The van der Waals surface area contributed by atoms with E-state index < -0.39 is 0 Å². The van der Waals surface area contributed by atoms with E-state index in [2.05, 4.69) is 25.3 Å². The van der Waals surface area contributed by atoms with Crippen LogP contribution in [0.15, 0.2) is 60.8 Å². The first-order valence-corrected chi connectivity index (χ1v) is 7.25. The number of benzene rings is 2. The summed E-state index contributed by atoms with van der Waals surface area (Å²) in [5.74, 6) is 0. The lowest BCUT2D eigenvalue weighted by Gasteiger charge is -1.94. The Morgan fingerprint density at radius 1 is 1.05 bits per heavy atom. The quantitative estimate of drug-likeness (QED) is 0.418. The van der Waals surface area contributed by atoms with Gasteiger partial charge in [-0.3, -0.25) is 10.1 Å². The van der Waals surface area contributed by atoms with Gasteiger partial charge < -0.3 is 0 Å². The summed E-state index contributed by atoms with van der Waals surface area (Å²) in [5, 5.41) is 10.7. The van der Waals surface area contributed by atoms with Gasteiger partial charge in [-0.15, -0.1) is 3.96 Å². The van der Waals surface area contributed by atoms with Crippen LogP contribution in [0.2, 0.25) is 0 Å². The predicted octanol–water partition coefficient (Wildman–Crippen LogP) is 3.91. The van der Waals surface area contributed by atoms with E-state index in [0.717, 1.165) is 5.69 Å². The van der Waals surface area contributed by atoms with Gasteiger partial charge in [-0.2, -0.15) is 0 Å². The number of non-ortho nitro benzene ring substituents is 1. The molecule has 21 heavy (non-hydrogen) atoms. The molecule has 2 aromatic carbocycles. The number of nitro benzene ring substituents is 1. The van der Waals surface area contributed by atoms with Gasteiger partial charge in [0.1, 0.15) is 11.5 Å². The van der Waals surface area contributed by atoms with Gasteiger partial charge >= 0.3 is 0 Å². The third-order valence-electron chi connectivity index (χ3n) is 3.26. The van der Waals surface area contributed by atoms with Crippen molar-refractivity contribution in [3.63, 3.8) is 0 Å². The zero-order valence-electron chi connectivity index (χ0n) is 11.4. The Morgan fingerprint density at radius 3 is 2.33 bits per heavy atom. The second-order valence-corrected chi connectivity index (χ2v) is 5.84. The van der Waals surface area contributed by atoms with Crippen molar-refractivity contribution >= 4 is 17.2 Å². The first kappa shape index (κ1) is 13.5. The minimum atomic E-state index is -0.385. The van der Waals surface area contributed by atoms with Crippen LogP contribution in [0.25, 0.3) is 16.8 Å². The van der Waals surface area contributed by atoms with Gasteiger partial charge in [-0.25, -0.2) is 0 Å². The molecule has 0 unspecified atom stereocenters. The highest BCUT2D eigenvalue weighted by atomic mass is 32.1. The van der Waals surface area contributed by atoms with Crippen LogP contribution in [-0.2, 0) is 0 Å². The molecule has 1 heterocycles. The van der Waals surface area contributed by atoms with Crippen molar-refractivity contribution in [3.8, 4) is 16.8 Å². The maximum atomic E-state index is 10.7. The van der Waals surface area contributed by atoms with E-state index in [1.54, 1.807) is 23.7 Å². The summed E-state index contributed by atoms with van der Waals surface area (Å²) in [7, 11) is 0. The van der Waals surface area contributed by atoms with Crippen molar-refractivity contribution in [3.05, 3.63) is 75.8 Å². The number of rotatable bonds is 3. The Balaban J connectivity index is 1.99. The van der Waals surface area contributed by atoms with E-state index in [9.17, 15) is 10.1 Å². The fourth-order valence-electron chi connectivity index (χ4n) is 2.18. The number of nitro groups is 1. The lowest BCUT2D eigenvalue weighted by atomic mass is 10.1. The Bertz CT molecular complexity index is 780. The zero-order chi connectivity index (χ0) is 14.8. The first-order valence-electron chi connectivity index (χ1n) is 6.48. The number of hydrogen-bond donors (Lipinski definition) is 0. The molecule has 0 spiro atoms. The van der Waals surface area contributed by atoms with Crippen molar-refractivity contribution in [2.24, 2.45) is 0 Å². The van der Waals surface area contributed by atoms with Gasteiger partial charge in [-0.1, -0.05) is 30.3 Å². The van der Waals surface area contributed by atoms with Gasteiger partial charge in [0, 0.05) is 24.3 Å². The Hall–Kier alpha value is -2.53. The number of aryl methyl sites for hydroxylation is 1. The highest BCUT2D eigenvalue weighted by Gasteiger charge is 2.17. The fourth-order valence-corrected chi connectivity index (χ4v) is 3.12. The van der Waals surface area contributed by atoms with E-state index in [0.29, 0.717) is 0 Å². The van der Waals surface area contributed by atoms with Crippen LogP contribution in [0, 0.1) is 17.0 Å². The molecule has 4 nitrogen and oxygen atoms in total. The van der Waals surface area contributed by atoms with Crippen LogP contribution in [-0.4, -0.2) is 4.92 Å². The minimum Gasteiger partial charge on any atom is -0.258 e. The van der Waals surface area contributed by atoms with Crippen molar-refractivity contribution in [1.82, 2.24) is 0 Å². The summed E-state index contributed by atoms with van der Waals surface area (Å²) < 4.78 is 2.03. The van der Waals surface area contributed by atoms with Crippen LogP contribution >= 0.6 is 11.5 Å². The van der Waals surface area contributed by atoms with Crippen molar-refractivity contribution in [2.75, 3.05) is 0 Å². The lowest BCUT2D eigenvalue weighted by Crippen LogP contribution is -2.23. The van der Waals surface area contributed by atoms with E-state index in [1.807, 2.05) is 22.2 Å². The molecule has 3 aromatic rings. The van der Waals surface area contributed by atoms with Gasteiger partial charge in [-0.05, 0) is 12.5 Å². The summed E-state index contributed by atoms with van der Waals surface area (Å²) in [6, 6.07) is 16.8. The summed E-state index contributed by atoms with van der Waals surface area (Å²) in [4.78, 5) is 11.5. The third-order valence-corrected chi connectivity index (χ3v) is 4.27. The normalized spacial score (nSPS) is 10.5. The SMILES string of the molecule is Cc1s[n+](-c2ccc([N+](=O)[O-])cc2)cc1-c1ccccc1. The van der Waals surface area contributed by atoms with Crippen LogP contribution in [0.4, 0.5) is 5.69 Å². The van der Waals surface area contributed by atoms with E-state index in [1.165, 1.54) is 28.1 Å². The lowest BCUT2D eigenvalue weighted by molar-refractivity contribution is -0.519. The summed E-state index contributed by atoms with van der Waals surface area (Å²) in [6.07, 6.45) is 2.07. The molecule has 0 aliphatic rings. The van der Waals surface area contributed by atoms with Crippen molar-refractivity contribution < 1.29 is 8.88 Å². The largest absolute Gasteiger partial charge is 0.269 e. The smallest absolute Gasteiger partial charge is 0.258 e. The van der Waals surface area contributed by atoms with Crippen LogP contribution in [0.3, 0.4) is 0 Å². The molecule has 0 aliphatic heterocycles. The van der Waals surface area contributed by atoms with Gasteiger partial charge in [0.2, 0.25) is 5.69 Å². The molecular formula is C16H13N2O2S+. The fraction of sp³-hybridized carbons (Fsp3) is 0.0625. The number of aromatic nitrogens is 1. The molecule has 0 amide bonds. The average Bonchev–Trinajstić information content (AvgIpc) is 2.90. The summed E-state index contributed by atoms with van der Waals surface area (Å²) in [5.41, 5.74) is 3.39. The van der Waals surface area contributed by atoms with E-state index in [-0.39, 0.29) is 10.6 Å². The molecule has 0 aliphatic carbocycles. The van der Waals surface area contributed by atoms with Crippen molar-refractivity contribution in [2.45, 2.75) is 6.92 Å². The highest BCUT2D eigenvalue weighted by Crippen LogP contribution is 2.25. The molecule has 0 bridgehead atoms. The van der Waals surface area contributed by atoms with Crippen LogP contribution in [0.1, 0.15) is 4.88 Å². The standard InChI is InChI=1S/C16H13N2O2S/c1-12-16(13-5-3-2-4-6-13)11-17(21-12)14-7-9-15(10-8-14)18(19)20/h2-11H,1H3/q+1. The summed E-state index contributed by atoms with van der Waals surface area (Å²) in [6.45, 7) is 2.08. The van der Waals surface area contributed by atoms with Gasteiger partial charge in [0.15, 0.2) is 6.20 Å². The molecule has 0 saturated carbocycles. The molecule has 0 fully saturated rings. The first-order chi connectivity index (χ1) is 10.1. The molecule has 0 radical (unpaired) electrons. The van der Waals surface area contributed by atoms with Gasteiger partial charge in [0.25, 0.3) is 5.69 Å². The molecule has 1 aromatic heterocycles. The molecular weight excluding hydrogens is 284 g/mol. The molecule has 0 saturated heterocycles. The molecule has 0 atom stereocenters. The Morgan fingerprint density at radius 2 is 1.71 bits per heavy atom. The molecule has 3 rings (SSSR count). The van der Waals surface area contributed by atoms with Crippen LogP contribution < -0.4 is 3.96 Å². The average molecular weight is 297 g/mol. The topological polar surface area (TPSA) is 47.0 Å². The van der Waals surface area contributed by atoms with Crippen molar-refractivity contribution in [1.29, 1.82) is 0 Å². The summed E-state index contributed by atoms with van der Waals surface area (Å²) >= 11 is 1.62. The Kier molecular flexibility index (Phi) is 3.50. The van der Waals surface area contributed by atoms with E-state index in [4.69, 9.17) is 0 Å². The monoisotopic (exact) mass is 297 g/mol. The maximum absolute atomic E-state index is 10.7. The maximum Gasteiger partial charge on any atom is 0.269 e. The predicted molar refractivity (Wildman–Crippen MR) is 82.7 cm³/mol. The zero-order valence-corrected chi connectivity index (χ0v) is 12.2.